The number of carbonyl (C=O) groups excluding carboxylic acids is 1. The Kier molecular flexibility index (Phi) is 4.50. The molecule has 2 aromatic carbocycles. The van der Waals surface area contributed by atoms with Gasteiger partial charge in [-0.25, -0.2) is 0 Å². The van der Waals surface area contributed by atoms with Crippen molar-refractivity contribution in [2.75, 3.05) is 20.0 Å². The van der Waals surface area contributed by atoms with Gasteiger partial charge in [0.25, 0.3) is 5.91 Å². The number of benzene rings is 2. The summed E-state index contributed by atoms with van der Waals surface area (Å²) in [7, 11) is 0. The lowest BCUT2D eigenvalue weighted by molar-refractivity contribution is 0.0999. The quantitative estimate of drug-likeness (QED) is 0.717. The molecular formula is C23H22N2O5. The Hall–Kier alpha value is -3.61. The number of rotatable bonds is 4. The molecule has 3 heterocycles. The van der Waals surface area contributed by atoms with E-state index in [1.165, 1.54) is 0 Å². The summed E-state index contributed by atoms with van der Waals surface area (Å²) < 4.78 is 24.6. The molecule has 0 radical (unpaired) electrons. The molecule has 3 aromatic rings. The first kappa shape index (κ1) is 18.4. The van der Waals surface area contributed by atoms with Gasteiger partial charge in [0.05, 0.1) is 18.8 Å². The number of carbonyl (C=O) groups is 1. The molecule has 0 fully saturated rings. The summed E-state index contributed by atoms with van der Waals surface area (Å²) in [6.07, 6.45) is 0.843. The maximum absolute atomic E-state index is 12.0. The number of nitrogens with zero attached hydrogens (tertiary/aromatic N) is 1. The lowest BCUT2D eigenvalue weighted by Gasteiger charge is -2.14. The molecule has 0 spiro atoms. The maximum Gasteiger partial charge on any atom is 0.250 e. The monoisotopic (exact) mass is 406 g/mol. The fourth-order valence-corrected chi connectivity index (χ4v) is 3.88. The number of nitrogens with two attached hydrogens (primary N) is 1. The Balaban J connectivity index is 1.57. The van der Waals surface area contributed by atoms with Crippen LogP contribution in [0.15, 0.2) is 42.5 Å². The fraction of sp³-hybridized carbons (Fsp3) is 0.261. The molecule has 7 nitrogen and oxygen atoms in total. The maximum atomic E-state index is 12.0. The van der Waals surface area contributed by atoms with E-state index in [9.17, 15) is 4.79 Å². The summed E-state index contributed by atoms with van der Waals surface area (Å²) in [6.45, 7) is 3.94. The van der Waals surface area contributed by atoms with Gasteiger partial charge in [-0.05, 0) is 48.9 Å². The summed E-state index contributed by atoms with van der Waals surface area (Å²) in [6, 6.07) is 13.5. The highest BCUT2D eigenvalue weighted by Gasteiger charge is 2.20. The molecule has 2 aliphatic rings. The molecule has 30 heavy (non-hydrogen) atoms. The molecule has 0 unspecified atom stereocenters. The van der Waals surface area contributed by atoms with E-state index in [1.807, 2.05) is 49.4 Å². The minimum atomic E-state index is -0.451. The van der Waals surface area contributed by atoms with E-state index in [2.05, 4.69) is 4.57 Å². The number of amides is 1. The first-order chi connectivity index (χ1) is 14.6. The van der Waals surface area contributed by atoms with Crippen molar-refractivity contribution >= 4 is 5.91 Å². The average molecular weight is 406 g/mol. The second-order valence-corrected chi connectivity index (χ2v) is 7.38. The predicted octanol–water partition coefficient (Wildman–Crippen LogP) is 3.50. The molecule has 0 atom stereocenters. The van der Waals surface area contributed by atoms with Crippen LogP contribution in [0.2, 0.25) is 0 Å². The van der Waals surface area contributed by atoms with Crippen molar-refractivity contribution < 1.29 is 23.7 Å². The van der Waals surface area contributed by atoms with Crippen LogP contribution >= 0.6 is 0 Å². The molecule has 1 amide bonds. The van der Waals surface area contributed by atoms with E-state index in [-0.39, 0.29) is 6.79 Å². The van der Waals surface area contributed by atoms with E-state index in [4.69, 9.17) is 24.7 Å². The van der Waals surface area contributed by atoms with Gasteiger partial charge in [-0.2, -0.15) is 0 Å². The minimum Gasteiger partial charge on any atom is -0.490 e. The molecule has 0 saturated heterocycles. The Bertz CT molecular complexity index is 1130. The van der Waals surface area contributed by atoms with E-state index in [0.717, 1.165) is 46.2 Å². The Morgan fingerprint density at radius 2 is 1.63 bits per heavy atom. The largest absolute Gasteiger partial charge is 0.490 e. The summed E-state index contributed by atoms with van der Waals surface area (Å²) in [4.78, 5) is 12.0. The number of primary amides is 1. The average Bonchev–Trinajstić information content (AvgIpc) is 3.24. The van der Waals surface area contributed by atoms with Gasteiger partial charge >= 0.3 is 0 Å². The van der Waals surface area contributed by atoms with Crippen molar-refractivity contribution in [3.05, 3.63) is 59.3 Å². The van der Waals surface area contributed by atoms with Gasteiger partial charge in [-0.15, -0.1) is 0 Å². The van der Waals surface area contributed by atoms with Gasteiger partial charge < -0.3 is 29.2 Å². The van der Waals surface area contributed by atoms with Crippen LogP contribution in [-0.4, -0.2) is 30.5 Å². The van der Waals surface area contributed by atoms with Crippen LogP contribution in [-0.2, 0) is 6.54 Å². The molecular weight excluding hydrogens is 384 g/mol. The van der Waals surface area contributed by atoms with E-state index in [0.29, 0.717) is 31.1 Å². The van der Waals surface area contributed by atoms with E-state index >= 15 is 0 Å². The topological polar surface area (TPSA) is 84.9 Å². The van der Waals surface area contributed by atoms with Crippen molar-refractivity contribution in [3.63, 3.8) is 0 Å². The highest BCUT2D eigenvalue weighted by molar-refractivity contribution is 5.95. The Labute approximate surface area is 173 Å². The molecule has 7 heteroatoms. The lowest BCUT2D eigenvalue weighted by Crippen LogP contribution is -2.12. The number of fused-ring (bicyclic) bond motifs is 2. The van der Waals surface area contributed by atoms with Crippen LogP contribution in [0.25, 0.3) is 11.3 Å². The van der Waals surface area contributed by atoms with Crippen LogP contribution in [0.5, 0.6) is 23.0 Å². The summed E-state index contributed by atoms with van der Waals surface area (Å²) in [5.41, 5.74) is 9.79. The van der Waals surface area contributed by atoms with Crippen LogP contribution < -0.4 is 24.7 Å². The van der Waals surface area contributed by atoms with Gasteiger partial charge in [-0.1, -0.05) is 6.07 Å². The third-order valence-corrected chi connectivity index (χ3v) is 5.45. The molecule has 154 valence electrons. The molecule has 2 N–H and O–H groups in total. The number of aromatic nitrogens is 1. The SMILES string of the molecule is Cc1c(C(N)=O)cc(-c2ccc3c(c2)OCCCO3)n1Cc1ccc2c(c1)OCO2. The normalized spacial score (nSPS) is 14.4. The highest BCUT2D eigenvalue weighted by atomic mass is 16.7. The van der Waals surface area contributed by atoms with Crippen LogP contribution in [0.4, 0.5) is 0 Å². The summed E-state index contributed by atoms with van der Waals surface area (Å²) >= 11 is 0. The zero-order valence-electron chi connectivity index (χ0n) is 16.6. The highest BCUT2D eigenvalue weighted by Crippen LogP contribution is 2.37. The second kappa shape index (κ2) is 7.33. The van der Waals surface area contributed by atoms with Gasteiger partial charge in [0, 0.05) is 29.9 Å². The number of hydrogen-bond donors (Lipinski definition) is 1. The van der Waals surface area contributed by atoms with Crippen LogP contribution in [0.1, 0.15) is 28.0 Å². The standard InChI is InChI=1S/C23H22N2O5/c1-14-17(23(24)26)11-18(16-4-6-19-22(10-16)28-8-2-7-27-19)25(14)12-15-3-5-20-21(9-15)30-13-29-20/h3-6,9-11H,2,7-8,12-13H2,1H3,(H2,24,26). The van der Waals surface area contributed by atoms with E-state index < -0.39 is 5.91 Å². The predicted molar refractivity (Wildman–Crippen MR) is 110 cm³/mol. The third kappa shape index (κ3) is 3.22. The molecule has 2 aliphatic heterocycles. The van der Waals surface area contributed by atoms with Crippen molar-refractivity contribution in [2.45, 2.75) is 19.9 Å². The smallest absolute Gasteiger partial charge is 0.250 e. The zero-order valence-corrected chi connectivity index (χ0v) is 16.6. The fourth-order valence-electron chi connectivity index (χ4n) is 3.88. The lowest BCUT2D eigenvalue weighted by atomic mass is 10.1. The van der Waals surface area contributed by atoms with Gasteiger partial charge in [0.2, 0.25) is 6.79 Å². The molecule has 0 aliphatic carbocycles. The van der Waals surface area contributed by atoms with E-state index in [1.54, 1.807) is 0 Å². The second-order valence-electron chi connectivity index (χ2n) is 7.38. The van der Waals surface area contributed by atoms with Gasteiger partial charge in [-0.3, -0.25) is 4.79 Å². The number of ether oxygens (including phenoxy) is 4. The molecule has 5 rings (SSSR count). The van der Waals surface area contributed by atoms with Crippen LogP contribution in [0, 0.1) is 6.92 Å². The van der Waals surface area contributed by atoms with Crippen molar-refractivity contribution in [1.29, 1.82) is 0 Å². The third-order valence-electron chi connectivity index (χ3n) is 5.45. The van der Waals surface area contributed by atoms with Crippen molar-refractivity contribution in [1.82, 2.24) is 4.57 Å². The van der Waals surface area contributed by atoms with Gasteiger partial charge in [0.15, 0.2) is 23.0 Å². The first-order valence-corrected chi connectivity index (χ1v) is 9.88. The summed E-state index contributed by atoms with van der Waals surface area (Å²) in [5, 5.41) is 0. The minimum absolute atomic E-state index is 0.232. The first-order valence-electron chi connectivity index (χ1n) is 9.88. The molecule has 0 saturated carbocycles. The van der Waals surface area contributed by atoms with Crippen molar-refractivity contribution in [2.24, 2.45) is 5.73 Å². The number of hydrogen-bond acceptors (Lipinski definition) is 5. The molecule has 0 bridgehead atoms. The Morgan fingerprint density at radius 1 is 0.933 bits per heavy atom. The summed E-state index contributed by atoms with van der Waals surface area (Å²) in [5.74, 6) is 2.46. The molecule has 1 aromatic heterocycles. The Morgan fingerprint density at radius 3 is 2.47 bits per heavy atom. The van der Waals surface area contributed by atoms with Crippen LogP contribution in [0.3, 0.4) is 0 Å². The zero-order chi connectivity index (χ0) is 20.7. The van der Waals surface area contributed by atoms with Gasteiger partial charge in [0.1, 0.15) is 0 Å². The van der Waals surface area contributed by atoms with Crippen molar-refractivity contribution in [3.8, 4) is 34.3 Å².